The maximum absolute atomic E-state index is 11.9. The molecule has 1 rings (SSSR count). The minimum atomic E-state index is -0.0141. The number of carbonyl (C=O) groups is 1. The van der Waals surface area contributed by atoms with Crippen molar-refractivity contribution in [1.82, 2.24) is 4.90 Å². The fourth-order valence-electron chi connectivity index (χ4n) is 1.66. The monoisotopic (exact) mass is 265 g/mol. The topological polar surface area (TPSA) is 38.8 Å². The van der Waals surface area contributed by atoms with Gasteiger partial charge in [-0.15, -0.1) is 0 Å². The van der Waals surface area contributed by atoms with E-state index in [4.69, 9.17) is 9.47 Å². The summed E-state index contributed by atoms with van der Waals surface area (Å²) in [5, 5.41) is 0. The van der Waals surface area contributed by atoms with Crippen LogP contribution in [-0.4, -0.2) is 44.3 Å². The predicted molar refractivity (Wildman–Crippen MR) is 75.0 cm³/mol. The van der Waals surface area contributed by atoms with Gasteiger partial charge in [0.1, 0.15) is 6.61 Å². The Kier molecular flexibility index (Phi) is 7.15. The number of benzene rings is 1. The third kappa shape index (κ3) is 5.85. The first-order valence-electron chi connectivity index (χ1n) is 6.59. The lowest BCUT2D eigenvalue weighted by Crippen LogP contribution is -2.30. The molecule has 0 aliphatic heterocycles. The second kappa shape index (κ2) is 8.67. The predicted octanol–water partition coefficient (Wildman–Crippen LogP) is 2.01. The second-order valence-corrected chi connectivity index (χ2v) is 4.43. The fourth-order valence-corrected chi connectivity index (χ4v) is 1.66. The van der Waals surface area contributed by atoms with Crippen LogP contribution in [-0.2, 0) is 20.8 Å². The molecular weight excluding hydrogens is 242 g/mol. The molecule has 0 spiro atoms. The summed E-state index contributed by atoms with van der Waals surface area (Å²) in [5.41, 5.74) is 2.35. The average Bonchev–Trinajstić information content (AvgIpc) is 2.41. The summed E-state index contributed by atoms with van der Waals surface area (Å²) in [7, 11) is 1.79. The van der Waals surface area contributed by atoms with Gasteiger partial charge in [-0.2, -0.15) is 0 Å². The molecule has 0 bridgehead atoms. The van der Waals surface area contributed by atoms with E-state index in [9.17, 15) is 4.79 Å². The molecule has 1 aromatic carbocycles. The van der Waals surface area contributed by atoms with E-state index in [0.29, 0.717) is 26.4 Å². The summed E-state index contributed by atoms with van der Waals surface area (Å²) >= 11 is 0. The van der Waals surface area contributed by atoms with Crippen LogP contribution in [0, 0.1) is 6.92 Å². The largest absolute Gasteiger partial charge is 0.379 e. The van der Waals surface area contributed by atoms with Crippen LogP contribution in [0.25, 0.3) is 0 Å². The Labute approximate surface area is 115 Å². The number of hydrogen-bond acceptors (Lipinski definition) is 3. The van der Waals surface area contributed by atoms with Gasteiger partial charge in [0, 0.05) is 20.2 Å². The zero-order valence-corrected chi connectivity index (χ0v) is 12.0. The van der Waals surface area contributed by atoms with Gasteiger partial charge < -0.3 is 14.4 Å². The zero-order chi connectivity index (χ0) is 14.1. The molecule has 4 heteroatoms. The molecule has 1 amide bonds. The Hall–Kier alpha value is -1.39. The second-order valence-electron chi connectivity index (χ2n) is 4.43. The first-order valence-corrected chi connectivity index (χ1v) is 6.59. The van der Waals surface area contributed by atoms with Crippen LogP contribution in [0.5, 0.6) is 0 Å². The van der Waals surface area contributed by atoms with Crippen molar-refractivity contribution < 1.29 is 14.3 Å². The molecule has 0 unspecified atom stereocenters. The summed E-state index contributed by atoms with van der Waals surface area (Å²) in [4.78, 5) is 13.5. The minimum absolute atomic E-state index is 0.0141. The van der Waals surface area contributed by atoms with E-state index in [1.54, 1.807) is 11.9 Å². The Morgan fingerprint density at radius 1 is 1.21 bits per heavy atom. The van der Waals surface area contributed by atoms with Gasteiger partial charge in [-0.1, -0.05) is 24.3 Å². The van der Waals surface area contributed by atoms with Gasteiger partial charge in [0.25, 0.3) is 0 Å². The van der Waals surface area contributed by atoms with E-state index in [1.165, 1.54) is 5.56 Å². The van der Waals surface area contributed by atoms with Crippen LogP contribution in [0.2, 0.25) is 0 Å². The molecule has 0 N–H and O–H groups in total. The lowest BCUT2D eigenvalue weighted by Gasteiger charge is -2.18. The van der Waals surface area contributed by atoms with Crippen LogP contribution in [0.3, 0.4) is 0 Å². The molecule has 0 aliphatic carbocycles. The number of amides is 1. The molecule has 0 saturated heterocycles. The molecule has 0 fully saturated rings. The van der Waals surface area contributed by atoms with Crippen molar-refractivity contribution in [2.75, 3.05) is 33.5 Å². The quantitative estimate of drug-likeness (QED) is 0.675. The number of hydrogen-bond donors (Lipinski definition) is 0. The van der Waals surface area contributed by atoms with E-state index in [-0.39, 0.29) is 12.5 Å². The maximum Gasteiger partial charge on any atom is 0.248 e. The number of aryl methyl sites for hydroxylation is 1. The van der Waals surface area contributed by atoms with Gasteiger partial charge in [0.2, 0.25) is 5.91 Å². The van der Waals surface area contributed by atoms with Gasteiger partial charge in [-0.3, -0.25) is 4.79 Å². The molecule has 0 aliphatic rings. The Bertz CT molecular complexity index is 393. The summed E-state index contributed by atoms with van der Waals surface area (Å²) in [6.45, 7) is 6.36. The van der Waals surface area contributed by atoms with Crippen molar-refractivity contribution in [2.45, 2.75) is 20.4 Å². The molecular formula is C15H23NO3. The number of nitrogens with zero attached hydrogens (tertiary/aromatic N) is 1. The molecule has 0 atom stereocenters. The van der Waals surface area contributed by atoms with E-state index in [1.807, 2.05) is 38.1 Å². The summed E-state index contributed by atoms with van der Waals surface area (Å²) in [5.74, 6) is -0.0141. The highest BCUT2D eigenvalue weighted by Crippen LogP contribution is 2.09. The first-order chi connectivity index (χ1) is 9.15. The normalized spacial score (nSPS) is 10.5. The maximum atomic E-state index is 11.9. The highest BCUT2D eigenvalue weighted by molar-refractivity contribution is 5.77. The molecule has 19 heavy (non-hydrogen) atoms. The standard InChI is InChI=1S/C15H23NO3/c1-4-18-9-10-19-12-15(17)16(3)11-14-8-6-5-7-13(14)2/h5-8H,4,9-12H2,1-3H3. The number of likely N-dealkylation sites (N-methyl/N-ethyl adjacent to an activating group) is 1. The Balaban J connectivity index is 2.31. The molecule has 4 nitrogen and oxygen atoms in total. The highest BCUT2D eigenvalue weighted by Gasteiger charge is 2.10. The third-order valence-corrected chi connectivity index (χ3v) is 2.90. The van der Waals surface area contributed by atoms with Gasteiger partial charge in [0.05, 0.1) is 13.2 Å². The average molecular weight is 265 g/mol. The van der Waals surface area contributed by atoms with Gasteiger partial charge in [-0.05, 0) is 25.0 Å². The fraction of sp³-hybridized carbons (Fsp3) is 0.533. The molecule has 0 radical (unpaired) electrons. The Morgan fingerprint density at radius 3 is 2.58 bits per heavy atom. The lowest BCUT2D eigenvalue weighted by atomic mass is 10.1. The van der Waals surface area contributed by atoms with Crippen LogP contribution in [0.15, 0.2) is 24.3 Å². The third-order valence-electron chi connectivity index (χ3n) is 2.90. The van der Waals surface area contributed by atoms with Gasteiger partial charge in [0.15, 0.2) is 0 Å². The van der Waals surface area contributed by atoms with Crippen molar-refractivity contribution in [2.24, 2.45) is 0 Å². The van der Waals surface area contributed by atoms with Crippen LogP contribution < -0.4 is 0 Å². The molecule has 0 aromatic heterocycles. The summed E-state index contributed by atoms with van der Waals surface area (Å²) in [6, 6.07) is 8.07. The number of carbonyl (C=O) groups excluding carboxylic acids is 1. The summed E-state index contributed by atoms with van der Waals surface area (Å²) in [6.07, 6.45) is 0. The molecule has 1 aromatic rings. The van der Waals surface area contributed by atoms with E-state index in [2.05, 4.69) is 0 Å². The minimum Gasteiger partial charge on any atom is -0.379 e. The van der Waals surface area contributed by atoms with E-state index in [0.717, 1.165) is 5.56 Å². The highest BCUT2D eigenvalue weighted by atomic mass is 16.5. The number of rotatable bonds is 8. The first kappa shape index (κ1) is 15.7. The van der Waals surface area contributed by atoms with E-state index < -0.39 is 0 Å². The van der Waals surface area contributed by atoms with Crippen LogP contribution in [0.1, 0.15) is 18.1 Å². The molecule has 0 heterocycles. The molecule has 0 saturated carbocycles. The number of ether oxygens (including phenoxy) is 2. The van der Waals surface area contributed by atoms with Crippen LogP contribution in [0.4, 0.5) is 0 Å². The van der Waals surface area contributed by atoms with Crippen molar-refractivity contribution in [3.63, 3.8) is 0 Å². The van der Waals surface area contributed by atoms with Gasteiger partial charge >= 0.3 is 0 Å². The van der Waals surface area contributed by atoms with Crippen molar-refractivity contribution >= 4 is 5.91 Å². The van der Waals surface area contributed by atoms with Crippen molar-refractivity contribution in [3.05, 3.63) is 35.4 Å². The van der Waals surface area contributed by atoms with Gasteiger partial charge in [-0.25, -0.2) is 0 Å². The van der Waals surface area contributed by atoms with Crippen molar-refractivity contribution in [1.29, 1.82) is 0 Å². The molecule has 106 valence electrons. The van der Waals surface area contributed by atoms with E-state index >= 15 is 0 Å². The lowest BCUT2D eigenvalue weighted by molar-refractivity contribution is -0.135. The Morgan fingerprint density at radius 2 is 1.89 bits per heavy atom. The zero-order valence-electron chi connectivity index (χ0n) is 12.0. The SMILES string of the molecule is CCOCCOCC(=O)N(C)Cc1ccccc1C. The van der Waals surface area contributed by atoms with Crippen molar-refractivity contribution in [3.8, 4) is 0 Å². The smallest absolute Gasteiger partial charge is 0.248 e. The van der Waals surface area contributed by atoms with Crippen LogP contribution >= 0.6 is 0 Å². The summed E-state index contributed by atoms with van der Waals surface area (Å²) < 4.78 is 10.4.